The summed E-state index contributed by atoms with van der Waals surface area (Å²) in [5.41, 5.74) is 0.998. The Hall–Kier alpha value is -0.840. The van der Waals surface area contributed by atoms with E-state index in [2.05, 4.69) is 21.0 Å². The number of carboxylic acid groups (broad SMARTS) is 1. The molecule has 0 bridgehead atoms. The molecule has 0 aliphatic heterocycles. The highest BCUT2D eigenvalue weighted by Gasteiger charge is 2.29. The normalized spacial score (nSPS) is 18.1. The Balaban J connectivity index is 2.27. The first kappa shape index (κ1) is 9.71. The molecule has 1 aliphatic rings. The summed E-state index contributed by atoms with van der Waals surface area (Å²) in [5.74, 6) is -0.325. The van der Waals surface area contributed by atoms with Crippen molar-refractivity contribution in [2.75, 3.05) is 0 Å². The number of aromatic nitrogens is 2. The van der Waals surface area contributed by atoms with E-state index in [0.29, 0.717) is 5.92 Å². The molecule has 4 nitrogen and oxygen atoms in total. The van der Waals surface area contributed by atoms with E-state index in [4.69, 9.17) is 5.11 Å². The fraction of sp³-hybridized carbons (Fsp3) is 0.556. The van der Waals surface area contributed by atoms with Gasteiger partial charge in [-0.15, -0.1) is 0 Å². The van der Waals surface area contributed by atoms with Crippen LogP contribution in [0.25, 0.3) is 0 Å². The SMILES string of the molecule is C[C@H](C(=O)O)n1cc(Br)c(C2CC2)n1. The second kappa shape index (κ2) is 3.38. The Morgan fingerprint density at radius 2 is 2.43 bits per heavy atom. The van der Waals surface area contributed by atoms with Crippen LogP contribution in [0.5, 0.6) is 0 Å². The van der Waals surface area contributed by atoms with Gasteiger partial charge in [0.1, 0.15) is 6.04 Å². The highest BCUT2D eigenvalue weighted by Crippen LogP contribution is 2.42. The van der Waals surface area contributed by atoms with Gasteiger partial charge in [0.2, 0.25) is 0 Å². The van der Waals surface area contributed by atoms with E-state index in [9.17, 15) is 4.79 Å². The Morgan fingerprint density at radius 3 is 2.93 bits per heavy atom. The third-order valence-electron chi connectivity index (χ3n) is 2.43. The zero-order valence-corrected chi connectivity index (χ0v) is 9.36. The van der Waals surface area contributed by atoms with Crippen LogP contribution in [-0.2, 0) is 4.79 Å². The Kier molecular flexibility index (Phi) is 2.34. The minimum atomic E-state index is -0.859. The summed E-state index contributed by atoms with van der Waals surface area (Å²) in [5, 5.41) is 13.1. The van der Waals surface area contributed by atoms with E-state index in [1.807, 2.05) is 0 Å². The highest BCUT2D eigenvalue weighted by molar-refractivity contribution is 9.10. The number of carbonyl (C=O) groups is 1. The first-order valence-electron chi connectivity index (χ1n) is 4.57. The van der Waals surface area contributed by atoms with Gasteiger partial charge in [-0.05, 0) is 35.7 Å². The first-order chi connectivity index (χ1) is 6.59. The van der Waals surface area contributed by atoms with Gasteiger partial charge in [0.15, 0.2) is 0 Å². The number of carboxylic acids is 1. The van der Waals surface area contributed by atoms with Crippen molar-refractivity contribution in [3.8, 4) is 0 Å². The van der Waals surface area contributed by atoms with Gasteiger partial charge >= 0.3 is 5.97 Å². The molecule has 1 N–H and O–H groups in total. The lowest BCUT2D eigenvalue weighted by atomic mass is 10.3. The van der Waals surface area contributed by atoms with Crippen molar-refractivity contribution >= 4 is 21.9 Å². The Morgan fingerprint density at radius 1 is 1.79 bits per heavy atom. The van der Waals surface area contributed by atoms with E-state index >= 15 is 0 Å². The average Bonchev–Trinajstić information content (AvgIpc) is 2.89. The van der Waals surface area contributed by atoms with Gasteiger partial charge in [-0.25, -0.2) is 4.79 Å². The fourth-order valence-electron chi connectivity index (χ4n) is 1.33. The molecular formula is C9H11BrN2O2. The number of halogens is 1. The van der Waals surface area contributed by atoms with Gasteiger partial charge in [-0.1, -0.05) is 0 Å². The van der Waals surface area contributed by atoms with E-state index in [0.717, 1.165) is 23.0 Å². The number of aliphatic carboxylic acids is 1. The molecule has 0 aromatic carbocycles. The van der Waals surface area contributed by atoms with Crippen molar-refractivity contribution < 1.29 is 9.90 Å². The molecule has 0 amide bonds. The predicted octanol–water partition coefficient (Wildman–Crippen LogP) is 2.17. The fourth-order valence-corrected chi connectivity index (χ4v) is 1.94. The standard InChI is InChI=1S/C9H11BrN2O2/c1-5(9(13)14)12-4-7(10)8(11-12)6-2-3-6/h4-6H,2-3H2,1H3,(H,13,14)/t5-/m1/s1. The second-order valence-corrected chi connectivity index (χ2v) is 4.49. The van der Waals surface area contributed by atoms with Crippen molar-refractivity contribution in [1.82, 2.24) is 9.78 Å². The van der Waals surface area contributed by atoms with Crippen LogP contribution in [-0.4, -0.2) is 20.9 Å². The molecular weight excluding hydrogens is 248 g/mol. The molecule has 76 valence electrons. The van der Waals surface area contributed by atoms with Gasteiger partial charge < -0.3 is 5.11 Å². The Bertz CT molecular complexity index is 371. The van der Waals surface area contributed by atoms with E-state index in [1.165, 1.54) is 4.68 Å². The number of rotatable bonds is 3. The van der Waals surface area contributed by atoms with Crippen molar-refractivity contribution in [2.45, 2.75) is 31.7 Å². The van der Waals surface area contributed by atoms with Crippen molar-refractivity contribution in [3.05, 3.63) is 16.4 Å². The molecule has 0 unspecified atom stereocenters. The van der Waals surface area contributed by atoms with Crippen LogP contribution in [0.1, 0.15) is 37.4 Å². The maximum Gasteiger partial charge on any atom is 0.328 e. The van der Waals surface area contributed by atoms with Crippen LogP contribution < -0.4 is 0 Å². The maximum atomic E-state index is 10.7. The molecule has 0 spiro atoms. The van der Waals surface area contributed by atoms with Crippen molar-refractivity contribution in [3.63, 3.8) is 0 Å². The molecule has 0 radical (unpaired) electrons. The van der Waals surface area contributed by atoms with E-state index < -0.39 is 12.0 Å². The van der Waals surface area contributed by atoms with Crippen LogP contribution in [0.2, 0.25) is 0 Å². The first-order valence-corrected chi connectivity index (χ1v) is 5.36. The monoisotopic (exact) mass is 258 g/mol. The lowest BCUT2D eigenvalue weighted by Gasteiger charge is -2.05. The molecule has 1 heterocycles. The zero-order chi connectivity index (χ0) is 10.3. The molecule has 14 heavy (non-hydrogen) atoms. The topological polar surface area (TPSA) is 55.1 Å². The zero-order valence-electron chi connectivity index (χ0n) is 7.77. The summed E-state index contributed by atoms with van der Waals surface area (Å²) in [6.45, 7) is 1.62. The third-order valence-corrected chi connectivity index (χ3v) is 3.04. The lowest BCUT2D eigenvalue weighted by Crippen LogP contribution is -2.16. The Labute approximate surface area is 90.0 Å². The molecule has 2 rings (SSSR count). The summed E-state index contributed by atoms with van der Waals surface area (Å²) in [6, 6.07) is -0.598. The number of nitrogens with zero attached hydrogens (tertiary/aromatic N) is 2. The van der Waals surface area contributed by atoms with Crippen molar-refractivity contribution in [1.29, 1.82) is 0 Å². The third kappa shape index (κ3) is 1.68. The summed E-state index contributed by atoms with van der Waals surface area (Å²) >= 11 is 3.40. The smallest absolute Gasteiger partial charge is 0.328 e. The summed E-state index contributed by atoms with van der Waals surface area (Å²) in [6.07, 6.45) is 4.07. The molecule has 1 saturated carbocycles. The van der Waals surface area contributed by atoms with Crippen LogP contribution in [0, 0.1) is 0 Å². The van der Waals surface area contributed by atoms with E-state index in [-0.39, 0.29) is 0 Å². The van der Waals surface area contributed by atoms with E-state index in [1.54, 1.807) is 13.1 Å². The maximum absolute atomic E-state index is 10.7. The minimum Gasteiger partial charge on any atom is -0.480 e. The van der Waals surface area contributed by atoms with Crippen LogP contribution in [0.15, 0.2) is 10.7 Å². The van der Waals surface area contributed by atoms with Crippen LogP contribution in [0.3, 0.4) is 0 Å². The van der Waals surface area contributed by atoms with Gasteiger partial charge in [-0.2, -0.15) is 5.10 Å². The van der Waals surface area contributed by atoms with Crippen LogP contribution in [0.4, 0.5) is 0 Å². The molecule has 1 atom stereocenters. The van der Waals surface area contributed by atoms with Crippen LogP contribution >= 0.6 is 15.9 Å². The summed E-state index contributed by atoms with van der Waals surface area (Å²) in [7, 11) is 0. The van der Waals surface area contributed by atoms with Gasteiger partial charge in [-0.3, -0.25) is 4.68 Å². The van der Waals surface area contributed by atoms with Gasteiger partial charge in [0.25, 0.3) is 0 Å². The summed E-state index contributed by atoms with van der Waals surface area (Å²) < 4.78 is 2.42. The largest absolute Gasteiger partial charge is 0.480 e. The quantitative estimate of drug-likeness (QED) is 0.904. The van der Waals surface area contributed by atoms with Gasteiger partial charge in [0, 0.05) is 12.1 Å². The molecule has 5 heteroatoms. The summed E-state index contributed by atoms with van der Waals surface area (Å²) in [4.78, 5) is 10.7. The average molecular weight is 259 g/mol. The number of hydrogen-bond donors (Lipinski definition) is 1. The lowest BCUT2D eigenvalue weighted by molar-refractivity contribution is -0.140. The van der Waals surface area contributed by atoms with Gasteiger partial charge in [0.05, 0.1) is 10.2 Å². The van der Waals surface area contributed by atoms with Crippen molar-refractivity contribution in [2.24, 2.45) is 0 Å². The molecule has 1 fully saturated rings. The molecule has 0 saturated heterocycles. The second-order valence-electron chi connectivity index (χ2n) is 3.63. The molecule has 1 aromatic rings. The molecule has 1 aromatic heterocycles. The highest BCUT2D eigenvalue weighted by atomic mass is 79.9. The minimum absolute atomic E-state index is 0.534. The predicted molar refractivity (Wildman–Crippen MR) is 54.2 cm³/mol. The molecule has 1 aliphatic carbocycles. The number of hydrogen-bond acceptors (Lipinski definition) is 2.